The Bertz CT molecular complexity index is 585. The fourth-order valence-electron chi connectivity index (χ4n) is 2.71. The molecule has 21 heavy (non-hydrogen) atoms. The van der Waals surface area contributed by atoms with E-state index in [1.807, 2.05) is 18.2 Å². The largest absolute Gasteiger partial charge is 0.324 e. The monoisotopic (exact) mass is 281 g/mol. The van der Waals surface area contributed by atoms with Crippen molar-refractivity contribution in [1.29, 1.82) is 0 Å². The van der Waals surface area contributed by atoms with Crippen LogP contribution < -0.4 is 5.32 Å². The number of anilines is 1. The van der Waals surface area contributed by atoms with Crippen LogP contribution in [0.5, 0.6) is 0 Å². The second-order valence-corrected chi connectivity index (χ2v) is 5.44. The first-order valence-electron chi connectivity index (χ1n) is 7.28. The molecular weight excluding hydrogens is 262 g/mol. The van der Waals surface area contributed by atoms with Crippen LogP contribution >= 0.6 is 0 Å². The minimum atomic E-state index is 0.0638. The third-order valence-electron chi connectivity index (χ3n) is 3.82. The van der Waals surface area contributed by atoms with E-state index in [0.717, 1.165) is 31.7 Å². The molecule has 1 aromatic carbocycles. The summed E-state index contributed by atoms with van der Waals surface area (Å²) in [7, 11) is 0. The van der Waals surface area contributed by atoms with E-state index in [1.54, 1.807) is 12.4 Å². The van der Waals surface area contributed by atoms with Crippen molar-refractivity contribution in [3.8, 4) is 0 Å². The van der Waals surface area contributed by atoms with E-state index in [1.165, 1.54) is 5.56 Å². The van der Waals surface area contributed by atoms with E-state index in [0.29, 0.717) is 0 Å². The molecule has 4 heteroatoms. The smallest absolute Gasteiger partial charge is 0.228 e. The Balaban J connectivity index is 1.53. The van der Waals surface area contributed by atoms with Crippen LogP contribution in [0.4, 0.5) is 5.69 Å². The van der Waals surface area contributed by atoms with E-state index in [4.69, 9.17) is 0 Å². The summed E-state index contributed by atoms with van der Waals surface area (Å²) in [5, 5.41) is 2.94. The van der Waals surface area contributed by atoms with Crippen LogP contribution in [0.25, 0.3) is 0 Å². The van der Waals surface area contributed by atoms with Gasteiger partial charge in [0.1, 0.15) is 0 Å². The molecule has 1 aliphatic rings. The van der Waals surface area contributed by atoms with Gasteiger partial charge in [-0.15, -0.1) is 0 Å². The number of amides is 1. The Labute approximate surface area is 124 Å². The van der Waals surface area contributed by atoms with Crippen molar-refractivity contribution < 1.29 is 4.79 Å². The van der Waals surface area contributed by atoms with Crippen molar-refractivity contribution in [2.24, 2.45) is 5.92 Å². The fraction of sp³-hybridized carbons (Fsp3) is 0.294. The minimum absolute atomic E-state index is 0.0638. The summed E-state index contributed by atoms with van der Waals surface area (Å²) in [6.07, 6.45) is 4.29. The second-order valence-electron chi connectivity index (χ2n) is 5.44. The highest BCUT2D eigenvalue weighted by Crippen LogP contribution is 2.20. The predicted octanol–water partition coefficient (Wildman–Crippen LogP) is 2.54. The van der Waals surface area contributed by atoms with Gasteiger partial charge < -0.3 is 5.32 Å². The third kappa shape index (κ3) is 3.67. The zero-order chi connectivity index (χ0) is 14.5. The molecule has 1 N–H and O–H groups in total. The summed E-state index contributed by atoms with van der Waals surface area (Å²) in [6, 6.07) is 14.1. The summed E-state index contributed by atoms with van der Waals surface area (Å²) in [6.45, 7) is 2.71. The number of hydrogen-bond donors (Lipinski definition) is 1. The van der Waals surface area contributed by atoms with Crippen molar-refractivity contribution in [1.82, 2.24) is 9.88 Å². The maximum atomic E-state index is 12.2. The van der Waals surface area contributed by atoms with Crippen molar-refractivity contribution in [3.63, 3.8) is 0 Å². The highest BCUT2D eigenvalue weighted by molar-refractivity contribution is 5.92. The van der Waals surface area contributed by atoms with Crippen LogP contribution in [0.3, 0.4) is 0 Å². The molecule has 1 fully saturated rings. The second kappa shape index (κ2) is 6.50. The van der Waals surface area contributed by atoms with Crippen LogP contribution in [-0.4, -0.2) is 28.9 Å². The summed E-state index contributed by atoms with van der Waals surface area (Å²) < 4.78 is 0. The molecule has 0 bridgehead atoms. The number of rotatable bonds is 4. The minimum Gasteiger partial charge on any atom is -0.324 e. The average Bonchev–Trinajstić information content (AvgIpc) is 2.98. The summed E-state index contributed by atoms with van der Waals surface area (Å²) >= 11 is 0. The first-order chi connectivity index (χ1) is 10.3. The van der Waals surface area contributed by atoms with Crippen LogP contribution in [0, 0.1) is 5.92 Å². The summed E-state index contributed by atoms with van der Waals surface area (Å²) in [4.78, 5) is 18.6. The van der Waals surface area contributed by atoms with Crippen LogP contribution in [0.2, 0.25) is 0 Å². The van der Waals surface area contributed by atoms with Gasteiger partial charge in [0.2, 0.25) is 5.91 Å². The first kappa shape index (κ1) is 13.8. The van der Waals surface area contributed by atoms with Crippen LogP contribution in [0.1, 0.15) is 12.0 Å². The Kier molecular flexibility index (Phi) is 4.26. The lowest BCUT2D eigenvalue weighted by atomic mass is 10.1. The van der Waals surface area contributed by atoms with Gasteiger partial charge in [-0.2, -0.15) is 0 Å². The van der Waals surface area contributed by atoms with Gasteiger partial charge in [0.15, 0.2) is 0 Å². The lowest BCUT2D eigenvalue weighted by molar-refractivity contribution is -0.119. The number of benzene rings is 1. The molecule has 1 saturated heterocycles. The molecule has 2 aromatic rings. The number of likely N-dealkylation sites (tertiary alicyclic amines) is 1. The molecule has 1 amide bonds. The topological polar surface area (TPSA) is 45.2 Å². The SMILES string of the molecule is O=C(Nc1cccnc1)C1CCN(Cc2ccccc2)C1. The van der Waals surface area contributed by atoms with Gasteiger partial charge >= 0.3 is 0 Å². The number of nitrogens with zero attached hydrogens (tertiary/aromatic N) is 2. The van der Waals surface area contributed by atoms with E-state index in [-0.39, 0.29) is 11.8 Å². The van der Waals surface area contributed by atoms with Gasteiger partial charge in [-0.1, -0.05) is 30.3 Å². The number of carbonyl (C=O) groups excluding carboxylic acids is 1. The summed E-state index contributed by atoms with van der Waals surface area (Å²) in [5.41, 5.74) is 2.06. The Hall–Kier alpha value is -2.20. The standard InChI is InChI=1S/C17H19N3O/c21-17(19-16-7-4-9-18-11-16)15-8-10-20(13-15)12-14-5-2-1-3-6-14/h1-7,9,11,15H,8,10,12-13H2,(H,19,21). The van der Waals surface area contributed by atoms with Gasteiger partial charge in [-0.05, 0) is 30.7 Å². The molecule has 0 aliphatic carbocycles. The Morgan fingerprint density at radius 1 is 1.24 bits per heavy atom. The number of carbonyl (C=O) groups is 1. The zero-order valence-corrected chi connectivity index (χ0v) is 11.9. The molecule has 2 heterocycles. The number of aromatic nitrogens is 1. The average molecular weight is 281 g/mol. The fourth-order valence-corrected chi connectivity index (χ4v) is 2.71. The molecule has 0 radical (unpaired) electrons. The number of pyridine rings is 1. The molecule has 0 spiro atoms. The van der Waals surface area contributed by atoms with E-state index in [2.05, 4.69) is 39.5 Å². The van der Waals surface area contributed by atoms with Crippen molar-refractivity contribution in [2.75, 3.05) is 18.4 Å². The molecule has 0 saturated carbocycles. The van der Waals surface area contributed by atoms with Crippen molar-refractivity contribution >= 4 is 11.6 Å². The quantitative estimate of drug-likeness (QED) is 0.936. The summed E-state index contributed by atoms with van der Waals surface area (Å²) in [5.74, 6) is 0.160. The molecule has 4 nitrogen and oxygen atoms in total. The van der Waals surface area contributed by atoms with Gasteiger partial charge in [-0.3, -0.25) is 14.7 Å². The van der Waals surface area contributed by atoms with Gasteiger partial charge in [0.25, 0.3) is 0 Å². The lowest BCUT2D eigenvalue weighted by Crippen LogP contribution is -2.26. The number of hydrogen-bond acceptors (Lipinski definition) is 3. The Morgan fingerprint density at radius 3 is 2.86 bits per heavy atom. The molecular formula is C17H19N3O. The predicted molar refractivity (Wildman–Crippen MR) is 82.7 cm³/mol. The van der Waals surface area contributed by atoms with E-state index >= 15 is 0 Å². The number of nitrogens with one attached hydrogen (secondary N) is 1. The van der Waals surface area contributed by atoms with Gasteiger partial charge in [0, 0.05) is 19.3 Å². The molecule has 3 rings (SSSR count). The highest BCUT2D eigenvalue weighted by Gasteiger charge is 2.28. The third-order valence-corrected chi connectivity index (χ3v) is 3.82. The van der Waals surface area contributed by atoms with Crippen molar-refractivity contribution in [3.05, 3.63) is 60.4 Å². The van der Waals surface area contributed by atoms with Crippen molar-refractivity contribution in [2.45, 2.75) is 13.0 Å². The van der Waals surface area contributed by atoms with Gasteiger partial charge in [0.05, 0.1) is 17.8 Å². The normalized spacial score (nSPS) is 18.6. The molecule has 1 aromatic heterocycles. The molecule has 1 atom stereocenters. The zero-order valence-electron chi connectivity index (χ0n) is 11.9. The maximum absolute atomic E-state index is 12.2. The van der Waals surface area contributed by atoms with E-state index in [9.17, 15) is 4.79 Å². The molecule has 108 valence electrons. The van der Waals surface area contributed by atoms with Crippen LogP contribution in [-0.2, 0) is 11.3 Å². The Morgan fingerprint density at radius 2 is 2.10 bits per heavy atom. The maximum Gasteiger partial charge on any atom is 0.228 e. The molecule has 1 unspecified atom stereocenters. The first-order valence-corrected chi connectivity index (χ1v) is 7.28. The molecule has 1 aliphatic heterocycles. The van der Waals surface area contributed by atoms with Crippen LogP contribution in [0.15, 0.2) is 54.9 Å². The van der Waals surface area contributed by atoms with E-state index < -0.39 is 0 Å². The highest BCUT2D eigenvalue weighted by atomic mass is 16.1. The lowest BCUT2D eigenvalue weighted by Gasteiger charge is -2.16. The van der Waals surface area contributed by atoms with Gasteiger partial charge in [-0.25, -0.2) is 0 Å².